The first kappa shape index (κ1) is 13.5. The molecule has 1 aromatic heterocycles. The Morgan fingerprint density at radius 3 is 2.83 bits per heavy atom. The summed E-state index contributed by atoms with van der Waals surface area (Å²) in [6.45, 7) is 6.67. The van der Waals surface area contributed by atoms with E-state index < -0.39 is 5.54 Å². The number of carbonyl (C=O) groups is 1. The third-order valence-electron chi connectivity index (χ3n) is 3.01. The van der Waals surface area contributed by atoms with Crippen molar-refractivity contribution in [1.29, 1.82) is 0 Å². The lowest BCUT2D eigenvalue weighted by Gasteiger charge is -2.39. The largest absolute Gasteiger partial charge is 0.367 e. The molecule has 1 fully saturated rings. The molecule has 18 heavy (non-hydrogen) atoms. The van der Waals surface area contributed by atoms with Gasteiger partial charge < -0.3 is 15.4 Å². The highest BCUT2D eigenvalue weighted by atomic mass is 32.1. The molecule has 0 aromatic carbocycles. The predicted octanol–water partition coefficient (Wildman–Crippen LogP) is 1.77. The Kier molecular flexibility index (Phi) is 3.75. The lowest BCUT2D eigenvalue weighted by Crippen LogP contribution is -2.56. The molecule has 2 rings (SSSR count). The van der Waals surface area contributed by atoms with Crippen molar-refractivity contribution in [3.63, 3.8) is 0 Å². The van der Waals surface area contributed by atoms with E-state index in [9.17, 15) is 4.79 Å². The molecule has 100 valence electrons. The second-order valence-electron chi connectivity index (χ2n) is 5.42. The summed E-state index contributed by atoms with van der Waals surface area (Å²) in [5, 5.41) is 4.09. The molecular formula is C13H20N2O2S. The monoisotopic (exact) mass is 268 g/mol. The minimum absolute atomic E-state index is 0.0159. The average molecular weight is 268 g/mol. The summed E-state index contributed by atoms with van der Waals surface area (Å²) in [7, 11) is 0. The van der Waals surface area contributed by atoms with Crippen LogP contribution in [0.3, 0.4) is 0 Å². The average Bonchev–Trinajstić information content (AvgIpc) is 2.79. The minimum atomic E-state index is -0.823. The van der Waals surface area contributed by atoms with Crippen LogP contribution in [0, 0.1) is 0 Å². The van der Waals surface area contributed by atoms with Gasteiger partial charge in [-0.3, -0.25) is 4.79 Å². The van der Waals surface area contributed by atoms with Crippen LogP contribution in [-0.4, -0.2) is 35.5 Å². The van der Waals surface area contributed by atoms with Crippen molar-refractivity contribution in [3.8, 4) is 0 Å². The molecule has 0 radical (unpaired) electrons. The Balaban J connectivity index is 2.12. The van der Waals surface area contributed by atoms with Crippen molar-refractivity contribution in [2.45, 2.75) is 38.5 Å². The van der Waals surface area contributed by atoms with Crippen LogP contribution < -0.4 is 5.73 Å². The number of ether oxygens (including phenoxy) is 1. The number of nitrogens with zero attached hydrogens (tertiary/aromatic N) is 1. The first-order valence-corrected chi connectivity index (χ1v) is 7.08. The number of hydrogen-bond donors (Lipinski definition) is 1. The highest BCUT2D eigenvalue weighted by Crippen LogP contribution is 2.27. The van der Waals surface area contributed by atoms with Crippen LogP contribution in [0.25, 0.3) is 0 Å². The molecule has 1 saturated heterocycles. The van der Waals surface area contributed by atoms with Crippen LogP contribution in [0.2, 0.25) is 0 Å². The molecule has 0 spiro atoms. The summed E-state index contributed by atoms with van der Waals surface area (Å²) < 4.78 is 5.90. The maximum atomic E-state index is 12.2. The SMILES string of the molecule is CC1CN(C(=O)C(C)(C)N)CC(c2ccsc2)O1. The van der Waals surface area contributed by atoms with Crippen molar-refractivity contribution in [1.82, 2.24) is 4.90 Å². The molecule has 0 bridgehead atoms. The van der Waals surface area contributed by atoms with Gasteiger partial charge in [-0.2, -0.15) is 11.3 Å². The van der Waals surface area contributed by atoms with Gasteiger partial charge in [-0.05, 0) is 43.2 Å². The topological polar surface area (TPSA) is 55.6 Å². The Morgan fingerprint density at radius 2 is 2.28 bits per heavy atom. The Labute approximate surface area is 112 Å². The molecule has 0 saturated carbocycles. The summed E-state index contributed by atoms with van der Waals surface area (Å²) in [4.78, 5) is 14.0. The van der Waals surface area contributed by atoms with E-state index in [-0.39, 0.29) is 18.1 Å². The van der Waals surface area contributed by atoms with Gasteiger partial charge in [0, 0.05) is 6.54 Å². The third kappa shape index (κ3) is 2.91. The normalized spacial score (nSPS) is 25.2. The number of amides is 1. The van der Waals surface area contributed by atoms with Crippen molar-refractivity contribution in [2.75, 3.05) is 13.1 Å². The summed E-state index contributed by atoms with van der Waals surface area (Å²) >= 11 is 1.64. The lowest BCUT2D eigenvalue weighted by atomic mass is 10.0. The quantitative estimate of drug-likeness (QED) is 0.889. The van der Waals surface area contributed by atoms with Gasteiger partial charge in [0.1, 0.15) is 6.10 Å². The van der Waals surface area contributed by atoms with Crippen LogP contribution in [0.4, 0.5) is 0 Å². The first-order valence-electron chi connectivity index (χ1n) is 6.13. The molecule has 2 N–H and O–H groups in total. The Hall–Kier alpha value is -0.910. The number of morpholine rings is 1. The first-order chi connectivity index (χ1) is 8.38. The van der Waals surface area contributed by atoms with E-state index in [2.05, 4.69) is 5.38 Å². The van der Waals surface area contributed by atoms with E-state index in [1.165, 1.54) is 0 Å². The molecule has 1 amide bonds. The van der Waals surface area contributed by atoms with Gasteiger partial charge in [-0.25, -0.2) is 0 Å². The Bertz CT molecular complexity index is 411. The fourth-order valence-electron chi connectivity index (χ4n) is 2.17. The van der Waals surface area contributed by atoms with Crippen molar-refractivity contribution in [3.05, 3.63) is 22.4 Å². The maximum Gasteiger partial charge on any atom is 0.242 e. The fraction of sp³-hybridized carbons (Fsp3) is 0.615. The number of hydrogen-bond acceptors (Lipinski definition) is 4. The standard InChI is InChI=1S/C13H20N2O2S/c1-9-6-15(12(16)13(2,3)14)7-11(17-9)10-4-5-18-8-10/h4-5,8-9,11H,6-7,14H2,1-3H3. The van der Waals surface area contributed by atoms with E-state index in [1.807, 2.05) is 23.3 Å². The molecule has 2 unspecified atom stereocenters. The highest BCUT2D eigenvalue weighted by molar-refractivity contribution is 7.07. The third-order valence-corrected chi connectivity index (χ3v) is 3.72. The molecule has 2 atom stereocenters. The zero-order chi connectivity index (χ0) is 13.3. The Morgan fingerprint density at radius 1 is 1.56 bits per heavy atom. The van der Waals surface area contributed by atoms with Gasteiger partial charge in [0.15, 0.2) is 0 Å². The van der Waals surface area contributed by atoms with Gasteiger partial charge in [0.25, 0.3) is 0 Å². The lowest BCUT2D eigenvalue weighted by molar-refractivity contribution is -0.149. The number of rotatable bonds is 2. The summed E-state index contributed by atoms with van der Waals surface area (Å²) in [5.41, 5.74) is 6.20. The van der Waals surface area contributed by atoms with E-state index in [4.69, 9.17) is 10.5 Å². The molecule has 1 aliphatic rings. The number of thiophene rings is 1. The molecular weight excluding hydrogens is 248 g/mol. The molecule has 2 heterocycles. The van der Waals surface area contributed by atoms with E-state index in [0.29, 0.717) is 13.1 Å². The van der Waals surface area contributed by atoms with Crippen LogP contribution in [0.1, 0.15) is 32.4 Å². The smallest absolute Gasteiger partial charge is 0.242 e. The highest BCUT2D eigenvalue weighted by Gasteiger charge is 2.34. The van der Waals surface area contributed by atoms with Crippen molar-refractivity contribution < 1.29 is 9.53 Å². The molecule has 1 aliphatic heterocycles. The molecule has 4 nitrogen and oxygen atoms in total. The maximum absolute atomic E-state index is 12.2. The van der Waals surface area contributed by atoms with Gasteiger partial charge in [-0.15, -0.1) is 0 Å². The van der Waals surface area contributed by atoms with Crippen molar-refractivity contribution >= 4 is 17.2 Å². The number of carbonyl (C=O) groups excluding carboxylic acids is 1. The van der Waals surface area contributed by atoms with E-state index in [1.54, 1.807) is 25.2 Å². The second kappa shape index (κ2) is 4.99. The molecule has 0 aliphatic carbocycles. The van der Waals surface area contributed by atoms with Gasteiger partial charge in [-0.1, -0.05) is 0 Å². The second-order valence-corrected chi connectivity index (χ2v) is 6.20. The van der Waals surface area contributed by atoms with E-state index >= 15 is 0 Å². The minimum Gasteiger partial charge on any atom is -0.367 e. The zero-order valence-electron chi connectivity index (χ0n) is 11.1. The molecule has 1 aromatic rings. The fourth-order valence-corrected chi connectivity index (χ4v) is 2.87. The summed E-state index contributed by atoms with van der Waals surface area (Å²) in [5.74, 6) is -0.0159. The van der Waals surface area contributed by atoms with Crippen molar-refractivity contribution in [2.24, 2.45) is 5.73 Å². The van der Waals surface area contributed by atoms with Crippen LogP contribution in [-0.2, 0) is 9.53 Å². The van der Waals surface area contributed by atoms with Gasteiger partial charge >= 0.3 is 0 Å². The summed E-state index contributed by atoms with van der Waals surface area (Å²) in [6, 6.07) is 2.05. The van der Waals surface area contributed by atoms with Gasteiger partial charge in [0.05, 0.1) is 18.2 Å². The van der Waals surface area contributed by atoms with E-state index in [0.717, 1.165) is 5.56 Å². The predicted molar refractivity (Wildman–Crippen MR) is 72.5 cm³/mol. The van der Waals surface area contributed by atoms with Crippen LogP contribution >= 0.6 is 11.3 Å². The van der Waals surface area contributed by atoms with Gasteiger partial charge in [0.2, 0.25) is 5.91 Å². The zero-order valence-corrected chi connectivity index (χ0v) is 11.9. The molecule has 5 heteroatoms. The summed E-state index contributed by atoms with van der Waals surface area (Å²) in [6.07, 6.45) is 0.00116. The van der Waals surface area contributed by atoms with Crippen LogP contribution in [0.15, 0.2) is 16.8 Å². The number of nitrogens with two attached hydrogens (primary N) is 1. The van der Waals surface area contributed by atoms with Crippen LogP contribution in [0.5, 0.6) is 0 Å².